The van der Waals surface area contributed by atoms with E-state index in [4.69, 9.17) is 5.26 Å². The predicted molar refractivity (Wildman–Crippen MR) is 65.6 cm³/mol. The van der Waals surface area contributed by atoms with Gasteiger partial charge in [-0.3, -0.25) is 9.38 Å². The van der Waals surface area contributed by atoms with Crippen molar-refractivity contribution in [3.8, 4) is 17.3 Å². The highest BCUT2D eigenvalue weighted by molar-refractivity contribution is 7.15. The van der Waals surface area contributed by atoms with E-state index >= 15 is 0 Å². The summed E-state index contributed by atoms with van der Waals surface area (Å²) in [5.41, 5.74) is 2.82. The van der Waals surface area contributed by atoms with Crippen LogP contribution < -0.4 is 0 Å². The maximum Gasteiger partial charge on any atom is 0.194 e. The third-order valence-electron chi connectivity index (χ3n) is 2.56. The molecule has 5 heteroatoms. The molecule has 0 aliphatic carbocycles. The summed E-state index contributed by atoms with van der Waals surface area (Å²) < 4.78 is 1.98. The summed E-state index contributed by atoms with van der Waals surface area (Å²) in [5.74, 6) is 0. The second kappa shape index (κ2) is 4.00. The molecule has 82 valence electrons. The van der Waals surface area contributed by atoms with E-state index in [-0.39, 0.29) is 0 Å². The van der Waals surface area contributed by atoms with E-state index < -0.39 is 0 Å². The number of hydrogen-bond acceptors (Lipinski definition) is 4. The zero-order valence-electron chi connectivity index (χ0n) is 8.87. The molecule has 3 aromatic rings. The first kappa shape index (κ1) is 10.00. The second-order valence-electron chi connectivity index (χ2n) is 3.53. The molecule has 0 saturated heterocycles. The highest BCUT2D eigenvalue weighted by Gasteiger charge is 2.13. The first-order valence-corrected chi connectivity index (χ1v) is 6.00. The summed E-state index contributed by atoms with van der Waals surface area (Å²) in [6.45, 7) is 0. The molecule has 0 amide bonds. The lowest BCUT2D eigenvalue weighted by atomic mass is 10.1. The fraction of sp³-hybridized carbons (Fsp3) is 0.0833. The van der Waals surface area contributed by atoms with E-state index in [2.05, 4.69) is 16.0 Å². The topological polar surface area (TPSA) is 54.0 Å². The lowest BCUT2D eigenvalue weighted by Gasteiger charge is -1.99. The molecule has 17 heavy (non-hydrogen) atoms. The molecule has 0 aliphatic heterocycles. The number of fused-ring (bicyclic) bond motifs is 1. The Labute approximate surface area is 102 Å². The maximum atomic E-state index is 8.91. The number of pyridine rings is 1. The van der Waals surface area contributed by atoms with Crippen molar-refractivity contribution in [2.45, 2.75) is 6.42 Å². The fourth-order valence-corrected chi connectivity index (χ4v) is 2.55. The number of aromatic nitrogens is 3. The largest absolute Gasteiger partial charge is 0.293 e. The molecule has 3 rings (SSSR count). The van der Waals surface area contributed by atoms with E-state index in [1.54, 1.807) is 23.7 Å². The molecule has 3 heterocycles. The molecule has 0 radical (unpaired) electrons. The second-order valence-corrected chi connectivity index (χ2v) is 4.41. The zero-order valence-corrected chi connectivity index (χ0v) is 9.68. The minimum absolute atomic E-state index is 0.357. The normalized spacial score (nSPS) is 10.5. The SMILES string of the molecule is N#CCc1c(-c2ccncc2)nc2sccn12. The maximum absolute atomic E-state index is 8.91. The van der Waals surface area contributed by atoms with Crippen LogP contribution >= 0.6 is 11.3 Å². The van der Waals surface area contributed by atoms with Gasteiger partial charge in [0.25, 0.3) is 0 Å². The first-order valence-electron chi connectivity index (χ1n) is 5.12. The Kier molecular flexibility index (Phi) is 2.35. The number of imidazole rings is 1. The molecular formula is C12H8N4S. The summed E-state index contributed by atoms with van der Waals surface area (Å²) in [5, 5.41) is 10.9. The van der Waals surface area contributed by atoms with Gasteiger partial charge in [-0.15, -0.1) is 11.3 Å². The van der Waals surface area contributed by atoms with Crippen LogP contribution in [0.3, 0.4) is 0 Å². The van der Waals surface area contributed by atoms with Gasteiger partial charge < -0.3 is 0 Å². The van der Waals surface area contributed by atoms with Gasteiger partial charge in [0.1, 0.15) is 0 Å². The summed E-state index contributed by atoms with van der Waals surface area (Å²) in [6.07, 6.45) is 5.78. The predicted octanol–water partition coefficient (Wildman–Crippen LogP) is 2.52. The van der Waals surface area contributed by atoms with Gasteiger partial charge >= 0.3 is 0 Å². The van der Waals surface area contributed by atoms with Gasteiger partial charge in [0.2, 0.25) is 0 Å². The van der Waals surface area contributed by atoms with E-state index in [0.717, 1.165) is 21.9 Å². The van der Waals surface area contributed by atoms with Crippen molar-refractivity contribution in [1.29, 1.82) is 5.26 Å². The standard InChI is InChI=1S/C12H8N4S/c13-4-1-10-11(9-2-5-14-6-3-9)15-12-16(10)7-8-17-12/h2-3,5-8H,1H2. The molecule has 0 aromatic carbocycles. The average Bonchev–Trinajstić information content (AvgIpc) is 2.93. The van der Waals surface area contributed by atoms with E-state index in [1.807, 2.05) is 28.1 Å². The van der Waals surface area contributed by atoms with Gasteiger partial charge in [-0.1, -0.05) is 0 Å². The summed E-state index contributed by atoms with van der Waals surface area (Å²) >= 11 is 1.57. The lowest BCUT2D eigenvalue weighted by molar-refractivity contribution is 1.07. The van der Waals surface area contributed by atoms with E-state index in [9.17, 15) is 0 Å². The van der Waals surface area contributed by atoms with Crippen LogP contribution in [0.1, 0.15) is 5.69 Å². The van der Waals surface area contributed by atoms with Gasteiger partial charge in [-0.25, -0.2) is 4.98 Å². The fourth-order valence-electron chi connectivity index (χ4n) is 1.82. The van der Waals surface area contributed by atoms with Crippen molar-refractivity contribution < 1.29 is 0 Å². The van der Waals surface area contributed by atoms with Crippen LogP contribution in [0.5, 0.6) is 0 Å². The number of thiazole rings is 1. The highest BCUT2D eigenvalue weighted by Crippen LogP contribution is 2.26. The van der Waals surface area contributed by atoms with Crippen LogP contribution in [0, 0.1) is 11.3 Å². The Morgan fingerprint density at radius 3 is 2.94 bits per heavy atom. The summed E-state index contributed by atoms with van der Waals surface area (Å²) in [7, 11) is 0. The van der Waals surface area contributed by atoms with Crippen LogP contribution in [0.15, 0.2) is 36.1 Å². The Bertz CT molecular complexity index is 690. The molecule has 0 bridgehead atoms. The molecule has 3 aromatic heterocycles. The average molecular weight is 240 g/mol. The monoisotopic (exact) mass is 240 g/mol. The van der Waals surface area contributed by atoms with Crippen LogP contribution in [-0.2, 0) is 6.42 Å². The van der Waals surface area contributed by atoms with Crippen molar-refractivity contribution in [1.82, 2.24) is 14.4 Å². The van der Waals surface area contributed by atoms with Crippen LogP contribution in [0.4, 0.5) is 0 Å². The highest BCUT2D eigenvalue weighted by atomic mass is 32.1. The number of rotatable bonds is 2. The zero-order chi connectivity index (χ0) is 11.7. The van der Waals surface area contributed by atoms with Crippen LogP contribution in [0.25, 0.3) is 16.2 Å². The Hall–Kier alpha value is -2.19. The molecule has 0 unspecified atom stereocenters. The molecule has 0 aliphatic rings. The van der Waals surface area contributed by atoms with Crippen molar-refractivity contribution in [3.05, 3.63) is 41.8 Å². The van der Waals surface area contributed by atoms with Gasteiger partial charge in [-0.05, 0) is 12.1 Å². The van der Waals surface area contributed by atoms with Crippen molar-refractivity contribution in [2.75, 3.05) is 0 Å². The van der Waals surface area contributed by atoms with Gasteiger partial charge in [0.05, 0.1) is 23.9 Å². The number of nitriles is 1. The smallest absolute Gasteiger partial charge is 0.194 e. The number of hydrogen-bond donors (Lipinski definition) is 0. The quantitative estimate of drug-likeness (QED) is 0.691. The minimum Gasteiger partial charge on any atom is -0.293 e. The molecule has 0 fully saturated rings. The number of nitrogens with zero attached hydrogens (tertiary/aromatic N) is 4. The molecule has 0 N–H and O–H groups in total. The third-order valence-corrected chi connectivity index (χ3v) is 3.32. The molecule has 0 saturated carbocycles. The van der Waals surface area contributed by atoms with E-state index in [1.165, 1.54) is 0 Å². The third kappa shape index (κ3) is 1.59. The van der Waals surface area contributed by atoms with Crippen LogP contribution in [-0.4, -0.2) is 14.4 Å². The summed E-state index contributed by atoms with van der Waals surface area (Å²) in [6, 6.07) is 6.01. The summed E-state index contributed by atoms with van der Waals surface area (Å²) in [4.78, 5) is 9.47. The Balaban J connectivity index is 2.25. The van der Waals surface area contributed by atoms with Gasteiger partial charge in [0.15, 0.2) is 4.96 Å². The minimum atomic E-state index is 0.357. The Morgan fingerprint density at radius 2 is 2.18 bits per heavy atom. The molecule has 4 nitrogen and oxygen atoms in total. The first-order chi connectivity index (χ1) is 8.40. The van der Waals surface area contributed by atoms with Crippen molar-refractivity contribution >= 4 is 16.3 Å². The molecule has 0 spiro atoms. The van der Waals surface area contributed by atoms with E-state index in [0.29, 0.717) is 6.42 Å². The van der Waals surface area contributed by atoms with Crippen molar-refractivity contribution in [3.63, 3.8) is 0 Å². The van der Waals surface area contributed by atoms with Gasteiger partial charge in [0, 0.05) is 29.5 Å². The van der Waals surface area contributed by atoms with Gasteiger partial charge in [-0.2, -0.15) is 5.26 Å². The Morgan fingerprint density at radius 1 is 1.35 bits per heavy atom. The molecular weight excluding hydrogens is 232 g/mol. The molecule has 0 atom stereocenters. The lowest BCUT2D eigenvalue weighted by Crippen LogP contribution is -1.91. The van der Waals surface area contributed by atoms with Crippen molar-refractivity contribution in [2.24, 2.45) is 0 Å². The van der Waals surface area contributed by atoms with Crippen LogP contribution in [0.2, 0.25) is 0 Å².